The third kappa shape index (κ3) is 7.84. The normalized spacial score (nSPS) is 11.6. The summed E-state index contributed by atoms with van der Waals surface area (Å²) in [5.74, 6) is -1.20. The lowest BCUT2D eigenvalue weighted by atomic mass is 10.2. The van der Waals surface area contributed by atoms with E-state index in [1.54, 1.807) is 57.2 Å². The molecule has 0 aliphatic carbocycles. The van der Waals surface area contributed by atoms with Crippen molar-refractivity contribution < 1.29 is 36.6 Å². The summed E-state index contributed by atoms with van der Waals surface area (Å²) in [6.07, 6.45) is -5.54. The Labute approximate surface area is 232 Å². The van der Waals surface area contributed by atoms with Gasteiger partial charge in [0.2, 0.25) is 0 Å². The van der Waals surface area contributed by atoms with Crippen molar-refractivity contribution in [2.75, 3.05) is 5.32 Å². The lowest BCUT2D eigenvalue weighted by Crippen LogP contribution is -2.32. The average Bonchev–Trinajstić information content (AvgIpc) is 3.36. The minimum absolute atomic E-state index is 0.00288. The number of hydrogen-bond donors (Lipinski definition) is 2. The van der Waals surface area contributed by atoms with Gasteiger partial charge in [-0.2, -0.15) is 18.3 Å². The molecular formula is C29H26F4N4O4. The minimum atomic E-state index is -4.86. The quantitative estimate of drug-likeness (QED) is 0.231. The van der Waals surface area contributed by atoms with Crippen LogP contribution < -0.4 is 15.4 Å². The predicted molar refractivity (Wildman–Crippen MR) is 143 cm³/mol. The highest BCUT2D eigenvalue weighted by atomic mass is 19.4. The predicted octanol–water partition coefficient (Wildman–Crippen LogP) is 7.10. The summed E-state index contributed by atoms with van der Waals surface area (Å²) < 4.78 is 67.0. The van der Waals surface area contributed by atoms with Gasteiger partial charge in [-0.05, 0) is 62.7 Å². The smallest absolute Gasteiger partial charge is 0.435 e. The minimum Gasteiger partial charge on any atom is -0.457 e. The van der Waals surface area contributed by atoms with E-state index < -0.39 is 41.0 Å². The van der Waals surface area contributed by atoms with Crippen LogP contribution in [0.15, 0.2) is 78.9 Å². The van der Waals surface area contributed by atoms with E-state index >= 15 is 0 Å². The van der Waals surface area contributed by atoms with E-state index in [1.807, 2.05) is 0 Å². The van der Waals surface area contributed by atoms with Crippen LogP contribution in [-0.2, 0) is 17.5 Å². The van der Waals surface area contributed by atoms with Gasteiger partial charge in [0.05, 0.1) is 11.4 Å². The van der Waals surface area contributed by atoms with Crippen LogP contribution in [0.1, 0.15) is 42.5 Å². The molecule has 0 unspecified atom stereocenters. The number of nitrogens with zero attached hydrogens (tertiary/aromatic N) is 2. The van der Waals surface area contributed by atoms with Crippen LogP contribution >= 0.6 is 0 Å². The van der Waals surface area contributed by atoms with Crippen LogP contribution in [0.5, 0.6) is 11.5 Å². The van der Waals surface area contributed by atoms with Crippen LogP contribution in [0.2, 0.25) is 0 Å². The fraction of sp³-hybridized carbons (Fsp3) is 0.207. The number of carbonyl (C=O) groups is 2. The molecule has 0 saturated heterocycles. The van der Waals surface area contributed by atoms with Crippen molar-refractivity contribution in [3.8, 4) is 17.2 Å². The molecule has 8 nitrogen and oxygen atoms in total. The van der Waals surface area contributed by atoms with Gasteiger partial charge in [-0.25, -0.2) is 13.9 Å². The Morgan fingerprint density at radius 2 is 1.63 bits per heavy atom. The van der Waals surface area contributed by atoms with Gasteiger partial charge in [0.15, 0.2) is 5.69 Å². The molecule has 2 N–H and O–H groups in total. The van der Waals surface area contributed by atoms with Gasteiger partial charge >= 0.3 is 12.3 Å². The zero-order valence-corrected chi connectivity index (χ0v) is 22.3. The van der Waals surface area contributed by atoms with Gasteiger partial charge in [0.25, 0.3) is 5.91 Å². The van der Waals surface area contributed by atoms with Crippen molar-refractivity contribution in [2.24, 2.45) is 0 Å². The topological polar surface area (TPSA) is 94.5 Å². The lowest BCUT2D eigenvalue weighted by Gasteiger charge is -2.19. The third-order valence-electron chi connectivity index (χ3n) is 5.39. The van der Waals surface area contributed by atoms with E-state index in [1.165, 1.54) is 30.3 Å². The summed E-state index contributed by atoms with van der Waals surface area (Å²) in [7, 11) is 0. The SMILES string of the molecule is CC(C)(C)OC(=O)NCc1cccc(-n2nc(C(F)(F)F)cc2C(=O)Nc2cc(Oc3ccccc3)ccc2F)c1. The van der Waals surface area contributed by atoms with E-state index in [0.717, 1.165) is 10.7 Å². The molecule has 0 aliphatic rings. The number of hydrogen-bond acceptors (Lipinski definition) is 5. The fourth-order valence-electron chi connectivity index (χ4n) is 3.64. The molecule has 214 valence electrons. The number of rotatable bonds is 7. The van der Waals surface area contributed by atoms with E-state index in [4.69, 9.17) is 9.47 Å². The Morgan fingerprint density at radius 1 is 0.902 bits per heavy atom. The van der Waals surface area contributed by atoms with Crippen molar-refractivity contribution in [2.45, 2.75) is 39.1 Å². The molecule has 0 aliphatic heterocycles. The van der Waals surface area contributed by atoms with Crippen LogP contribution in [0.25, 0.3) is 5.69 Å². The van der Waals surface area contributed by atoms with E-state index in [9.17, 15) is 27.2 Å². The number of halogens is 4. The standard InChI is InChI=1S/C29H26F4N4O4/c1-28(2,3)41-27(39)34-17-18-8-7-9-19(14-18)37-24(16-25(36-37)29(31,32)33)26(38)35-23-15-21(12-13-22(23)30)40-20-10-5-4-6-11-20/h4-16H,17H2,1-3H3,(H,34,39)(H,35,38). The number of alkyl halides is 3. The molecule has 12 heteroatoms. The number of aromatic nitrogens is 2. The summed E-state index contributed by atoms with van der Waals surface area (Å²) in [6, 6.07) is 18.9. The monoisotopic (exact) mass is 570 g/mol. The highest BCUT2D eigenvalue weighted by Crippen LogP contribution is 2.31. The summed E-state index contributed by atoms with van der Waals surface area (Å²) in [5, 5.41) is 8.46. The second-order valence-electron chi connectivity index (χ2n) is 9.86. The summed E-state index contributed by atoms with van der Waals surface area (Å²) in [5.41, 5.74) is -2.23. The van der Waals surface area contributed by atoms with Gasteiger partial charge in [-0.15, -0.1) is 0 Å². The molecule has 1 aromatic heterocycles. The number of anilines is 1. The second-order valence-corrected chi connectivity index (χ2v) is 9.86. The maximum Gasteiger partial charge on any atom is 0.435 e. The maximum atomic E-state index is 14.6. The van der Waals surface area contributed by atoms with Crippen molar-refractivity contribution in [1.29, 1.82) is 0 Å². The number of carbonyl (C=O) groups excluding carboxylic acids is 2. The molecule has 3 aromatic carbocycles. The van der Waals surface area contributed by atoms with Crippen molar-refractivity contribution in [3.05, 3.63) is 102 Å². The molecule has 0 fully saturated rings. The van der Waals surface area contributed by atoms with E-state index in [-0.39, 0.29) is 23.7 Å². The Morgan fingerprint density at radius 3 is 2.32 bits per heavy atom. The largest absolute Gasteiger partial charge is 0.457 e. The van der Waals surface area contributed by atoms with Gasteiger partial charge in [0, 0.05) is 18.7 Å². The van der Waals surface area contributed by atoms with Gasteiger partial charge < -0.3 is 20.1 Å². The number of benzene rings is 3. The Balaban J connectivity index is 1.60. The van der Waals surface area contributed by atoms with Gasteiger partial charge in [-0.1, -0.05) is 30.3 Å². The van der Waals surface area contributed by atoms with Crippen LogP contribution in [0, 0.1) is 5.82 Å². The first-order chi connectivity index (χ1) is 19.3. The van der Waals surface area contributed by atoms with Gasteiger partial charge in [0.1, 0.15) is 28.6 Å². The first kappa shape index (κ1) is 29.1. The molecule has 2 amide bonds. The Bertz CT molecular complexity index is 1550. The van der Waals surface area contributed by atoms with Crippen LogP contribution in [0.4, 0.5) is 28.0 Å². The molecule has 1 heterocycles. The highest BCUT2D eigenvalue weighted by molar-refractivity contribution is 6.03. The number of ether oxygens (including phenoxy) is 2. The van der Waals surface area contributed by atoms with Crippen LogP contribution in [-0.4, -0.2) is 27.4 Å². The van der Waals surface area contributed by atoms with Gasteiger partial charge in [-0.3, -0.25) is 4.79 Å². The first-order valence-electron chi connectivity index (χ1n) is 12.4. The zero-order valence-electron chi connectivity index (χ0n) is 22.3. The molecular weight excluding hydrogens is 544 g/mol. The molecule has 0 atom stereocenters. The van der Waals surface area contributed by atoms with Crippen molar-refractivity contribution >= 4 is 17.7 Å². The summed E-state index contributed by atoms with van der Waals surface area (Å²) in [4.78, 5) is 25.2. The molecule has 41 heavy (non-hydrogen) atoms. The number of para-hydroxylation sites is 1. The average molecular weight is 571 g/mol. The number of alkyl carbamates (subject to hydrolysis) is 1. The number of amides is 2. The van der Waals surface area contributed by atoms with Crippen molar-refractivity contribution in [3.63, 3.8) is 0 Å². The maximum absolute atomic E-state index is 14.6. The summed E-state index contributed by atoms with van der Waals surface area (Å²) >= 11 is 0. The van der Waals surface area contributed by atoms with E-state index in [2.05, 4.69) is 15.7 Å². The number of nitrogens with one attached hydrogen (secondary N) is 2. The highest BCUT2D eigenvalue weighted by Gasteiger charge is 2.36. The third-order valence-corrected chi connectivity index (χ3v) is 5.39. The first-order valence-corrected chi connectivity index (χ1v) is 12.4. The molecule has 4 rings (SSSR count). The molecule has 0 saturated carbocycles. The Hall–Kier alpha value is -4.87. The summed E-state index contributed by atoms with van der Waals surface area (Å²) in [6.45, 7) is 5.10. The fourth-order valence-corrected chi connectivity index (χ4v) is 3.64. The van der Waals surface area contributed by atoms with Crippen LogP contribution in [0.3, 0.4) is 0 Å². The van der Waals surface area contributed by atoms with Crippen molar-refractivity contribution in [1.82, 2.24) is 15.1 Å². The molecule has 0 spiro atoms. The second kappa shape index (κ2) is 11.7. The molecule has 0 bridgehead atoms. The zero-order chi connectivity index (χ0) is 29.8. The molecule has 0 radical (unpaired) electrons. The Kier molecular flexibility index (Phi) is 8.31. The molecule has 4 aromatic rings. The van der Waals surface area contributed by atoms with E-state index in [0.29, 0.717) is 17.4 Å². The lowest BCUT2D eigenvalue weighted by molar-refractivity contribution is -0.141.